The van der Waals surface area contributed by atoms with Gasteiger partial charge in [-0.05, 0) is 31.0 Å². The van der Waals surface area contributed by atoms with Crippen molar-refractivity contribution in [3.63, 3.8) is 0 Å². The van der Waals surface area contributed by atoms with Crippen molar-refractivity contribution in [1.82, 2.24) is 5.32 Å². The molecule has 0 fully saturated rings. The van der Waals surface area contributed by atoms with E-state index < -0.39 is 0 Å². The third-order valence-corrected chi connectivity index (χ3v) is 3.11. The molecule has 1 rings (SSSR count). The highest BCUT2D eigenvalue weighted by molar-refractivity contribution is 5.60. The van der Waals surface area contributed by atoms with Crippen LogP contribution in [0.4, 0.5) is 5.69 Å². The monoisotopic (exact) mass is 259 g/mol. The van der Waals surface area contributed by atoms with Crippen molar-refractivity contribution in [3.05, 3.63) is 29.3 Å². The normalized spacial score (nSPS) is 10.5. The molecule has 0 saturated carbocycles. The van der Waals surface area contributed by atoms with Gasteiger partial charge in [-0.25, -0.2) is 0 Å². The molecule has 0 atom stereocenters. The Kier molecular flexibility index (Phi) is 6.38. The predicted octanol–water partition coefficient (Wildman–Crippen LogP) is 3.29. The van der Waals surface area contributed by atoms with Crippen LogP contribution in [0.1, 0.15) is 45.2 Å². The number of rotatable bonds is 7. The molecule has 0 radical (unpaired) electrons. The summed E-state index contributed by atoms with van der Waals surface area (Å²) in [6, 6.07) is 8.98. The molecule has 1 aromatic rings. The Balaban J connectivity index is 2.93. The largest absolute Gasteiger partial charge is 0.371 e. The summed E-state index contributed by atoms with van der Waals surface area (Å²) in [6.07, 6.45) is 1.09. The van der Waals surface area contributed by atoms with Gasteiger partial charge in [-0.1, -0.05) is 26.8 Å². The van der Waals surface area contributed by atoms with Crippen molar-refractivity contribution in [3.8, 4) is 6.07 Å². The number of nitrogens with zero attached hydrogens (tertiary/aromatic N) is 2. The Hall–Kier alpha value is -1.53. The van der Waals surface area contributed by atoms with Crippen LogP contribution in [0.3, 0.4) is 0 Å². The first-order chi connectivity index (χ1) is 9.12. The van der Waals surface area contributed by atoms with Gasteiger partial charge in [0.1, 0.15) is 6.07 Å². The first-order valence-electron chi connectivity index (χ1n) is 7.13. The summed E-state index contributed by atoms with van der Waals surface area (Å²) in [4.78, 5) is 2.26. The van der Waals surface area contributed by atoms with E-state index in [2.05, 4.69) is 56.1 Å². The highest BCUT2D eigenvalue weighted by Crippen LogP contribution is 2.21. The van der Waals surface area contributed by atoms with Crippen LogP contribution in [0, 0.1) is 11.3 Å². The minimum atomic E-state index is 0.456. The van der Waals surface area contributed by atoms with E-state index in [1.807, 2.05) is 6.07 Å². The van der Waals surface area contributed by atoms with E-state index in [1.54, 1.807) is 0 Å². The van der Waals surface area contributed by atoms with Crippen LogP contribution in [0.15, 0.2) is 18.2 Å². The molecule has 19 heavy (non-hydrogen) atoms. The first-order valence-corrected chi connectivity index (χ1v) is 7.13. The molecule has 0 spiro atoms. The molecule has 0 bridgehead atoms. The van der Waals surface area contributed by atoms with Gasteiger partial charge in [0.15, 0.2) is 0 Å². The minimum Gasteiger partial charge on any atom is -0.371 e. The third kappa shape index (κ3) is 4.57. The maximum absolute atomic E-state index is 9.34. The number of hydrogen-bond donors (Lipinski definition) is 1. The zero-order valence-electron chi connectivity index (χ0n) is 12.5. The molecule has 3 nitrogen and oxygen atoms in total. The van der Waals surface area contributed by atoms with E-state index in [4.69, 9.17) is 0 Å². The molecular weight excluding hydrogens is 234 g/mol. The lowest BCUT2D eigenvalue weighted by Gasteiger charge is -2.24. The second-order valence-electron chi connectivity index (χ2n) is 5.08. The Morgan fingerprint density at radius 3 is 2.58 bits per heavy atom. The fourth-order valence-corrected chi connectivity index (χ4v) is 2.10. The highest BCUT2D eigenvalue weighted by atomic mass is 15.1. The molecule has 0 aliphatic rings. The summed E-state index contributed by atoms with van der Waals surface area (Å²) in [5, 5.41) is 12.7. The second-order valence-corrected chi connectivity index (χ2v) is 5.08. The molecule has 1 N–H and O–H groups in total. The molecule has 0 amide bonds. The van der Waals surface area contributed by atoms with Crippen molar-refractivity contribution >= 4 is 5.69 Å². The summed E-state index contributed by atoms with van der Waals surface area (Å²) in [6.45, 7) is 11.3. The smallest absolute Gasteiger partial charge is 0.101 e. The number of anilines is 1. The molecule has 104 valence electrons. The summed E-state index contributed by atoms with van der Waals surface area (Å²) in [5.74, 6) is 0. The van der Waals surface area contributed by atoms with Gasteiger partial charge in [-0.15, -0.1) is 0 Å². The second kappa shape index (κ2) is 7.81. The summed E-state index contributed by atoms with van der Waals surface area (Å²) in [5.41, 5.74) is 3.00. The fourth-order valence-electron chi connectivity index (χ4n) is 2.10. The van der Waals surface area contributed by atoms with Gasteiger partial charge < -0.3 is 10.2 Å². The average Bonchev–Trinajstić information content (AvgIpc) is 2.42. The van der Waals surface area contributed by atoms with Gasteiger partial charge in [0.25, 0.3) is 0 Å². The summed E-state index contributed by atoms with van der Waals surface area (Å²) >= 11 is 0. The minimum absolute atomic E-state index is 0.456. The van der Waals surface area contributed by atoms with E-state index >= 15 is 0 Å². The molecule has 0 aliphatic heterocycles. The van der Waals surface area contributed by atoms with E-state index in [0.29, 0.717) is 6.04 Å². The van der Waals surface area contributed by atoms with Gasteiger partial charge in [-0.2, -0.15) is 5.26 Å². The summed E-state index contributed by atoms with van der Waals surface area (Å²) in [7, 11) is 0. The average molecular weight is 259 g/mol. The SMILES string of the molecule is CCCN(CC)c1ccc(CNC(C)C)cc1C#N. The van der Waals surface area contributed by atoms with Gasteiger partial charge >= 0.3 is 0 Å². The third-order valence-electron chi connectivity index (χ3n) is 3.11. The van der Waals surface area contributed by atoms with E-state index in [-0.39, 0.29) is 0 Å². The number of nitriles is 1. The molecule has 0 aliphatic carbocycles. The van der Waals surface area contributed by atoms with Crippen molar-refractivity contribution in [2.45, 2.75) is 46.7 Å². The zero-order chi connectivity index (χ0) is 14.3. The Bertz CT molecular complexity index is 432. The highest BCUT2D eigenvalue weighted by Gasteiger charge is 2.09. The number of nitrogens with one attached hydrogen (secondary N) is 1. The van der Waals surface area contributed by atoms with Gasteiger partial charge in [0.05, 0.1) is 11.3 Å². The maximum Gasteiger partial charge on any atom is 0.101 e. The van der Waals surface area contributed by atoms with Crippen LogP contribution in [0.25, 0.3) is 0 Å². The van der Waals surface area contributed by atoms with Crippen molar-refractivity contribution in [1.29, 1.82) is 5.26 Å². The van der Waals surface area contributed by atoms with Crippen LogP contribution in [-0.2, 0) is 6.54 Å². The number of hydrogen-bond acceptors (Lipinski definition) is 3. The lowest BCUT2D eigenvalue weighted by molar-refractivity contribution is 0.589. The van der Waals surface area contributed by atoms with E-state index in [0.717, 1.165) is 37.3 Å². The maximum atomic E-state index is 9.34. The quantitative estimate of drug-likeness (QED) is 0.816. The molecule has 1 aromatic carbocycles. The zero-order valence-corrected chi connectivity index (χ0v) is 12.5. The topological polar surface area (TPSA) is 39.1 Å². The van der Waals surface area contributed by atoms with Crippen LogP contribution in [-0.4, -0.2) is 19.1 Å². The lowest BCUT2D eigenvalue weighted by Crippen LogP contribution is -2.25. The lowest BCUT2D eigenvalue weighted by atomic mass is 10.1. The summed E-state index contributed by atoms with van der Waals surface area (Å²) < 4.78 is 0. The molecule has 0 aromatic heterocycles. The molecule has 0 unspecified atom stereocenters. The number of benzene rings is 1. The van der Waals surface area contributed by atoms with Crippen LogP contribution >= 0.6 is 0 Å². The van der Waals surface area contributed by atoms with Gasteiger partial charge in [-0.3, -0.25) is 0 Å². The van der Waals surface area contributed by atoms with E-state index in [1.165, 1.54) is 5.56 Å². The van der Waals surface area contributed by atoms with Crippen LogP contribution in [0.2, 0.25) is 0 Å². The predicted molar refractivity (Wildman–Crippen MR) is 81.3 cm³/mol. The van der Waals surface area contributed by atoms with Crippen LogP contribution in [0.5, 0.6) is 0 Å². The van der Waals surface area contributed by atoms with Crippen molar-refractivity contribution < 1.29 is 0 Å². The van der Waals surface area contributed by atoms with E-state index in [9.17, 15) is 5.26 Å². The molecule has 0 heterocycles. The van der Waals surface area contributed by atoms with Gasteiger partial charge in [0, 0.05) is 25.7 Å². The van der Waals surface area contributed by atoms with Crippen molar-refractivity contribution in [2.75, 3.05) is 18.0 Å². The van der Waals surface area contributed by atoms with Gasteiger partial charge in [0.2, 0.25) is 0 Å². The van der Waals surface area contributed by atoms with Crippen molar-refractivity contribution in [2.24, 2.45) is 0 Å². The molecule has 0 saturated heterocycles. The first kappa shape index (κ1) is 15.5. The molecular formula is C16H25N3. The fraction of sp³-hybridized carbons (Fsp3) is 0.562. The Labute approximate surface area is 117 Å². The van der Waals surface area contributed by atoms with Crippen LogP contribution < -0.4 is 10.2 Å². The Morgan fingerprint density at radius 1 is 1.32 bits per heavy atom. The molecule has 3 heteroatoms. The standard InChI is InChI=1S/C16H25N3/c1-5-9-19(6-2)16-8-7-14(10-15(16)11-17)12-18-13(3)4/h7-8,10,13,18H,5-6,9,12H2,1-4H3. The Morgan fingerprint density at radius 2 is 2.05 bits per heavy atom.